The Balaban J connectivity index is 2.38. The van der Waals surface area contributed by atoms with Crippen molar-refractivity contribution >= 4 is 11.7 Å². The van der Waals surface area contributed by atoms with Crippen molar-refractivity contribution in [2.24, 2.45) is 5.92 Å². The fraction of sp³-hybridized carbons (Fsp3) is 0.526. The lowest BCUT2D eigenvalue weighted by Crippen LogP contribution is -2.32. The number of aliphatic hydroxyl groups is 1. The van der Waals surface area contributed by atoms with Gasteiger partial charge in [0.1, 0.15) is 0 Å². The van der Waals surface area contributed by atoms with E-state index in [-0.39, 0.29) is 23.0 Å². The monoisotopic (exact) mass is 330 g/mol. The van der Waals surface area contributed by atoms with Crippen molar-refractivity contribution < 1.29 is 14.7 Å². The zero-order valence-corrected chi connectivity index (χ0v) is 14.7. The molecule has 5 nitrogen and oxygen atoms in total. The molecular weight excluding hydrogens is 304 g/mol. The van der Waals surface area contributed by atoms with Crippen LogP contribution >= 0.6 is 0 Å². The Morgan fingerprint density at radius 2 is 1.96 bits per heavy atom. The summed E-state index contributed by atoms with van der Waals surface area (Å²) < 4.78 is 0. The average molecular weight is 330 g/mol. The second-order valence-corrected chi connectivity index (χ2v) is 6.67. The van der Waals surface area contributed by atoms with Crippen molar-refractivity contribution in [3.05, 3.63) is 41.4 Å². The lowest BCUT2D eigenvalue weighted by molar-refractivity contribution is -0.129. The van der Waals surface area contributed by atoms with Crippen LogP contribution in [-0.4, -0.2) is 33.2 Å². The number of carbonyl (C=O) groups excluding carboxylic acids is 2. The lowest BCUT2D eigenvalue weighted by atomic mass is 9.92. The first kappa shape index (κ1) is 18.2. The van der Waals surface area contributed by atoms with Gasteiger partial charge in [0, 0.05) is 25.4 Å². The third-order valence-corrected chi connectivity index (χ3v) is 4.22. The van der Waals surface area contributed by atoms with Crippen LogP contribution in [0.1, 0.15) is 58.1 Å². The summed E-state index contributed by atoms with van der Waals surface area (Å²) in [6.07, 6.45) is 6.50. The summed E-state index contributed by atoms with van der Waals surface area (Å²) in [7, 11) is 0. The molecule has 1 atom stereocenters. The van der Waals surface area contributed by atoms with Gasteiger partial charge in [-0.3, -0.25) is 14.6 Å². The maximum atomic E-state index is 12.7. The number of aliphatic hydroxyl groups excluding tert-OH is 1. The molecule has 0 aliphatic carbocycles. The number of rotatable bonds is 8. The van der Waals surface area contributed by atoms with E-state index in [0.29, 0.717) is 13.0 Å². The standard InChI is InChI=1S/C19H26N2O3/c1-4-5-6-11-21-17(14-7-9-20-10-8-14)16(18(23)19(21)24)15(22)12-13(2)3/h7-10,13,17,23H,4-6,11-12H2,1-3H3. The minimum atomic E-state index is -0.511. The fourth-order valence-corrected chi connectivity index (χ4v) is 3.07. The van der Waals surface area contributed by atoms with Crippen LogP contribution < -0.4 is 0 Å². The van der Waals surface area contributed by atoms with Gasteiger partial charge >= 0.3 is 0 Å². The van der Waals surface area contributed by atoms with Crippen LogP contribution in [-0.2, 0) is 9.59 Å². The van der Waals surface area contributed by atoms with Gasteiger partial charge < -0.3 is 10.0 Å². The SMILES string of the molecule is CCCCCN1C(=O)C(O)=C(C(=O)CC(C)C)C1c1ccncc1. The lowest BCUT2D eigenvalue weighted by Gasteiger charge is -2.27. The van der Waals surface area contributed by atoms with Gasteiger partial charge in [0.15, 0.2) is 11.5 Å². The molecule has 0 radical (unpaired) electrons. The van der Waals surface area contributed by atoms with Crippen molar-refractivity contribution in [3.63, 3.8) is 0 Å². The molecule has 130 valence electrons. The summed E-state index contributed by atoms with van der Waals surface area (Å²) in [6.45, 7) is 6.53. The molecule has 1 aromatic rings. The van der Waals surface area contributed by atoms with Crippen molar-refractivity contribution in [1.29, 1.82) is 0 Å². The smallest absolute Gasteiger partial charge is 0.290 e. The molecule has 1 unspecified atom stereocenters. The summed E-state index contributed by atoms with van der Waals surface area (Å²) in [5, 5.41) is 10.4. The Bertz CT molecular complexity index is 623. The number of nitrogens with zero attached hydrogens (tertiary/aromatic N) is 2. The van der Waals surface area contributed by atoms with Crippen LogP contribution in [0.25, 0.3) is 0 Å². The molecule has 1 N–H and O–H groups in total. The van der Waals surface area contributed by atoms with E-state index in [1.165, 1.54) is 0 Å². The third kappa shape index (κ3) is 3.83. The van der Waals surface area contributed by atoms with Crippen molar-refractivity contribution in [2.75, 3.05) is 6.54 Å². The number of amides is 1. The summed E-state index contributed by atoms with van der Waals surface area (Å²) >= 11 is 0. The Morgan fingerprint density at radius 1 is 1.29 bits per heavy atom. The predicted octanol–water partition coefficient (Wildman–Crippen LogP) is 3.58. The second-order valence-electron chi connectivity index (χ2n) is 6.67. The van der Waals surface area contributed by atoms with Crippen LogP contribution in [0.2, 0.25) is 0 Å². The molecule has 5 heteroatoms. The molecule has 0 bridgehead atoms. The first-order chi connectivity index (χ1) is 11.5. The quantitative estimate of drug-likeness (QED) is 0.740. The second kappa shape index (κ2) is 8.08. The molecule has 0 fully saturated rings. The fourth-order valence-electron chi connectivity index (χ4n) is 3.07. The van der Waals surface area contributed by atoms with Crippen LogP contribution in [0.4, 0.5) is 0 Å². The van der Waals surface area contributed by atoms with E-state index >= 15 is 0 Å². The molecule has 1 aromatic heterocycles. The van der Waals surface area contributed by atoms with Crippen molar-refractivity contribution in [2.45, 2.75) is 52.5 Å². The number of carbonyl (C=O) groups is 2. The molecule has 0 saturated carbocycles. The minimum absolute atomic E-state index is 0.157. The van der Waals surface area contributed by atoms with Crippen LogP contribution in [0.15, 0.2) is 35.9 Å². The van der Waals surface area contributed by atoms with Gasteiger partial charge in [-0.15, -0.1) is 0 Å². The summed E-state index contributed by atoms with van der Waals surface area (Å²) in [5.41, 5.74) is 1.04. The van der Waals surface area contributed by atoms with Gasteiger partial charge in [-0.25, -0.2) is 0 Å². The number of ketones is 1. The summed E-state index contributed by atoms with van der Waals surface area (Å²) in [6, 6.07) is 3.08. The van der Waals surface area contributed by atoms with E-state index in [1.807, 2.05) is 13.8 Å². The van der Waals surface area contributed by atoms with Crippen molar-refractivity contribution in [3.8, 4) is 0 Å². The molecule has 0 spiro atoms. The summed E-state index contributed by atoms with van der Waals surface area (Å²) in [5.74, 6) is -0.824. The number of hydrogen-bond donors (Lipinski definition) is 1. The van der Waals surface area contributed by atoms with Gasteiger partial charge in [-0.1, -0.05) is 33.6 Å². The number of hydrogen-bond acceptors (Lipinski definition) is 4. The van der Waals surface area contributed by atoms with Crippen LogP contribution in [0.5, 0.6) is 0 Å². The first-order valence-electron chi connectivity index (χ1n) is 8.64. The minimum Gasteiger partial charge on any atom is -0.503 e. The highest BCUT2D eigenvalue weighted by Gasteiger charge is 2.42. The van der Waals surface area contributed by atoms with E-state index in [2.05, 4.69) is 11.9 Å². The number of pyridine rings is 1. The average Bonchev–Trinajstić information content (AvgIpc) is 2.80. The molecular formula is C19H26N2O3. The molecule has 0 saturated heterocycles. The van der Waals surface area contributed by atoms with E-state index in [0.717, 1.165) is 24.8 Å². The molecule has 1 aliphatic rings. The van der Waals surface area contributed by atoms with E-state index in [9.17, 15) is 14.7 Å². The van der Waals surface area contributed by atoms with E-state index in [1.54, 1.807) is 29.4 Å². The number of aromatic nitrogens is 1. The molecule has 1 amide bonds. The Labute approximate surface area is 143 Å². The van der Waals surface area contributed by atoms with E-state index < -0.39 is 11.9 Å². The van der Waals surface area contributed by atoms with Crippen LogP contribution in [0.3, 0.4) is 0 Å². The zero-order valence-electron chi connectivity index (χ0n) is 14.7. The van der Waals surface area contributed by atoms with Crippen molar-refractivity contribution in [1.82, 2.24) is 9.88 Å². The summed E-state index contributed by atoms with van der Waals surface area (Å²) in [4.78, 5) is 30.8. The first-order valence-corrected chi connectivity index (χ1v) is 8.64. The third-order valence-electron chi connectivity index (χ3n) is 4.22. The Morgan fingerprint density at radius 3 is 2.54 bits per heavy atom. The number of Topliss-reactive ketones (excluding diaryl/α,β-unsaturated/α-hetero) is 1. The predicted molar refractivity (Wildman–Crippen MR) is 92.3 cm³/mol. The van der Waals surface area contributed by atoms with Gasteiger partial charge in [0.05, 0.1) is 11.6 Å². The Hall–Kier alpha value is -2.17. The van der Waals surface area contributed by atoms with Gasteiger partial charge in [-0.05, 0) is 30.0 Å². The topological polar surface area (TPSA) is 70.5 Å². The highest BCUT2D eigenvalue weighted by atomic mass is 16.3. The molecule has 2 heterocycles. The van der Waals surface area contributed by atoms with Gasteiger partial charge in [0.2, 0.25) is 0 Å². The molecule has 0 aromatic carbocycles. The zero-order chi connectivity index (χ0) is 17.7. The normalized spacial score (nSPS) is 17.9. The molecule has 2 rings (SSSR count). The Kier molecular flexibility index (Phi) is 6.12. The maximum absolute atomic E-state index is 12.7. The molecule has 1 aliphatic heterocycles. The maximum Gasteiger partial charge on any atom is 0.290 e. The highest BCUT2D eigenvalue weighted by Crippen LogP contribution is 2.38. The van der Waals surface area contributed by atoms with Gasteiger partial charge in [0.25, 0.3) is 5.91 Å². The van der Waals surface area contributed by atoms with E-state index in [4.69, 9.17) is 0 Å². The van der Waals surface area contributed by atoms with Gasteiger partial charge in [-0.2, -0.15) is 0 Å². The largest absolute Gasteiger partial charge is 0.503 e. The van der Waals surface area contributed by atoms with Crippen LogP contribution in [0, 0.1) is 5.92 Å². The molecule has 24 heavy (non-hydrogen) atoms. The number of unbranched alkanes of at least 4 members (excludes halogenated alkanes) is 2. The highest BCUT2D eigenvalue weighted by molar-refractivity contribution is 6.08.